The fourth-order valence-electron chi connectivity index (χ4n) is 2.89. The first-order chi connectivity index (χ1) is 10.7. The maximum absolute atomic E-state index is 11.8. The van der Waals surface area contributed by atoms with Gasteiger partial charge in [0.25, 0.3) is 0 Å². The third-order valence-corrected chi connectivity index (χ3v) is 3.76. The fourth-order valence-corrected chi connectivity index (χ4v) is 2.89. The molecule has 0 aromatic heterocycles. The Balaban J connectivity index is 2.06. The molecule has 0 aromatic rings. The van der Waals surface area contributed by atoms with Crippen LogP contribution in [0, 0.1) is 5.92 Å². The van der Waals surface area contributed by atoms with Crippen molar-refractivity contribution in [1.29, 1.82) is 0 Å². The number of rotatable bonds is 7. The number of hydrogen-bond acceptors (Lipinski definition) is 6. The van der Waals surface area contributed by atoms with E-state index in [0.29, 0.717) is 32.7 Å². The average Bonchev–Trinajstić information content (AvgIpc) is 2.49. The van der Waals surface area contributed by atoms with Gasteiger partial charge in [0.2, 0.25) is 0 Å². The van der Waals surface area contributed by atoms with Crippen LogP contribution in [-0.2, 0) is 28.5 Å². The van der Waals surface area contributed by atoms with E-state index in [-0.39, 0.29) is 36.7 Å². The topological polar surface area (TPSA) is 63.2 Å². The third-order valence-electron chi connectivity index (χ3n) is 3.76. The van der Waals surface area contributed by atoms with Crippen LogP contribution in [0.5, 0.6) is 0 Å². The second-order valence-electron chi connectivity index (χ2n) is 5.30. The van der Waals surface area contributed by atoms with E-state index in [0.717, 1.165) is 0 Å². The summed E-state index contributed by atoms with van der Waals surface area (Å²) < 4.78 is 28.0. The summed E-state index contributed by atoms with van der Waals surface area (Å²) in [5, 5.41) is 0. The summed E-state index contributed by atoms with van der Waals surface area (Å²) in [5.41, 5.74) is 0. The second kappa shape index (κ2) is 8.62. The minimum atomic E-state index is -0.386. The van der Waals surface area contributed by atoms with Gasteiger partial charge in [0.1, 0.15) is 6.10 Å². The molecule has 0 saturated carbocycles. The molecule has 0 radical (unpaired) electrons. The van der Waals surface area contributed by atoms with Crippen molar-refractivity contribution >= 4 is 5.97 Å². The van der Waals surface area contributed by atoms with Gasteiger partial charge in [0.15, 0.2) is 12.6 Å². The Kier molecular flexibility index (Phi) is 6.82. The standard InChI is InChI=1S/C16H26O6/c1-4-18-13(17)9-11-10-15(20-6-3)21-12-7-8-14(19-5-2)22-16(11)12/h7-8,11-12,14-16H,4-6,9-10H2,1-3H3/t11-,12-,14-,15+,16+/m0/s1. The predicted molar refractivity (Wildman–Crippen MR) is 79.1 cm³/mol. The lowest BCUT2D eigenvalue weighted by molar-refractivity contribution is -0.267. The van der Waals surface area contributed by atoms with Crippen molar-refractivity contribution in [2.45, 2.75) is 58.4 Å². The van der Waals surface area contributed by atoms with E-state index in [1.54, 1.807) is 6.92 Å². The van der Waals surface area contributed by atoms with Crippen LogP contribution in [0.2, 0.25) is 0 Å². The van der Waals surface area contributed by atoms with Crippen molar-refractivity contribution in [3.8, 4) is 0 Å². The lowest BCUT2D eigenvalue weighted by Crippen LogP contribution is -2.50. The van der Waals surface area contributed by atoms with Crippen molar-refractivity contribution in [3.05, 3.63) is 12.2 Å². The molecule has 0 N–H and O–H groups in total. The van der Waals surface area contributed by atoms with E-state index in [1.807, 2.05) is 26.0 Å². The maximum atomic E-state index is 11.8. The quantitative estimate of drug-likeness (QED) is 0.529. The van der Waals surface area contributed by atoms with Crippen molar-refractivity contribution in [2.24, 2.45) is 5.92 Å². The molecular weight excluding hydrogens is 288 g/mol. The van der Waals surface area contributed by atoms with Gasteiger partial charge in [-0.15, -0.1) is 0 Å². The van der Waals surface area contributed by atoms with Crippen molar-refractivity contribution in [2.75, 3.05) is 19.8 Å². The highest BCUT2D eigenvalue weighted by atomic mass is 16.7. The van der Waals surface area contributed by atoms with Crippen LogP contribution in [0.25, 0.3) is 0 Å². The Morgan fingerprint density at radius 1 is 1.09 bits per heavy atom. The van der Waals surface area contributed by atoms with Crippen LogP contribution < -0.4 is 0 Å². The van der Waals surface area contributed by atoms with E-state index in [1.165, 1.54) is 0 Å². The van der Waals surface area contributed by atoms with Crippen LogP contribution in [-0.4, -0.2) is 50.6 Å². The highest BCUT2D eigenvalue weighted by molar-refractivity contribution is 5.69. The van der Waals surface area contributed by atoms with Crippen molar-refractivity contribution in [3.63, 3.8) is 0 Å². The molecule has 0 spiro atoms. The molecule has 6 heteroatoms. The Bertz CT molecular complexity index is 383. The molecule has 5 atom stereocenters. The summed E-state index contributed by atoms with van der Waals surface area (Å²) >= 11 is 0. The lowest BCUT2D eigenvalue weighted by Gasteiger charge is -2.43. The molecule has 22 heavy (non-hydrogen) atoms. The van der Waals surface area contributed by atoms with Gasteiger partial charge in [0, 0.05) is 25.6 Å². The molecule has 1 saturated heterocycles. The molecule has 6 nitrogen and oxygen atoms in total. The van der Waals surface area contributed by atoms with Crippen molar-refractivity contribution < 1.29 is 28.5 Å². The number of esters is 1. The average molecular weight is 314 g/mol. The van der Waals surface area contributed by atoms with Gasteiger partial charge in [-0.1, -0.05) is 6.08 Å². The van der Waals surface area contributed by atoms with Crippen LogP contribution >= 0.6 is 0 Å². The molecular formula is C16H26O6. The largest absolute Gasteiger partial charge is 0.466 e. The highest BCUT2D eigenvalue weighted by Gasteiger charge is 2.42. The number of hydrogen-bond donors (Lipinski definition) is 0. The SMILES string of the molecule is CCOC(=O)C[C@H]1C[C@H](OCC)O[C@H]2C=C[C@@H](OCC)O[C@H]12. The van der Waals surface area contributed by atoms with Gasteiger partial charge in [-0.25, -0.2) is 0 Å². The first-order valence-corrected chi connectivity index (χ1v) is 8.05. The predicted octanol–water partition coefficient (Wildman–Crippen LogP) is 2.02. The van der Waals surface area contributed by atoms with Crippen LogP contribution in [0.3, 0.4) is 0 Å². The smallest absolute Gasteiger partial charge is 0.306 e. The van der Waals surface area contributed by atoms with Gasteiger partial charge in [-0.05, 0) is 26.8 Å². The van der Waals surface area contributed by atoms with E-state index < -0.39 is 0 Å². The minimum Gasteiger partial charge on any atom is -0.466 e. The zero-order chi connectivity index (χ0) is 15.9. The third kappa shape index (κ3) is 4.52. The van der Waals surface area contributed by atoms with E-state index in [9.17, 15) is 4.79 Å². The zero-order valence-electron chi connectivity index (χ0n) is 13.5. The molecule has 2 aliphatic rings. The van der Waals surface area contributed by atoms with Gasteiger partial charge < -0.3 is 23.7 Å². The monoisotopic (exact) mass is 314 g/mol. The molecule has 2 rings (SSSR count). The lowest BCUT2D eigenvalue weighted by atomic mass is 9.87. The van der Waals surface area contributed by atoms with Crippen molar-refractivity contribution in [1.82, 2.24) is 0 Å². The van der Waals surface area contributed by atoms with Gasteiger partial charge >= 0.3 is 5.97 Å². The summed E-state index contributed by atoms with van der Waals surface area (Å²) in [7, 11) is 0. The Labute approximate surface area is 131 Å². The van der Waals surface area contributed by atoms with Crippen LogP contribution in [0.1, 0.15) is 33.6 Å². The fraction of sp³-hybridized carbons (Fsp3) is 0.812. The molecule has 0 bridgehead atoms. The molecule has 1 fully saturated rings. The van der Waals surface area contributed by atoms with E-state index in [2.05, 4.69) is 0 Å². The van der Waals surface area contributed by atoms with E-state index in [4.69, 9.17) is 23.7 Å². The molecule has 0 aromatic carbocycles. The van der Waals surface area contributed by atoms with Gasteiger partial charge in [-0.3, -0.25) is 4.79 Å². The normalized spacial score (nSPS) is 34.2. The maximum Gasteiger partial charge on any atom is 0.306 e. The second-order valence-corrected chi connectivity index (χ2v) is 5.30. The summed E-state index contributed by atoms with van der Waals surface area (Å²) in [5.74, 6) is -0.225. The Morgan fingerprint density at radius 2 is 1.86 bits per heavy atom. The summed E-state index contributed by atoms with van der Waals surface area (Å²) in [4.78, 5) is 11.8. The molecule has 126 valence electrons. The van der Waals surface area contributed by atoms with Gasteiger partial charge in [0.05, 0.1) is 19.1 Å². The summed E-state index contributed by atoms with van der Waals surface area (Å²) in [6, 6.07) is 0. The minimum absolute atomic E-state index is 0.0118. The first kappa shape index (κ1) is 17.4. The Hall–Kier alpha value is -0.950. The number of carbonyl (C=O) groups excluding carboxylic acids is 1. The van der Waals surface area contributed by atoms with Crippen LogP contribution in [0.4, 0.5) is 0 Å². The summed E-state index contributed by atoms with van der Waals surface area (Å²) in [6.07, 6.45) is 3.56. The molecule has 2 heterocycles. The Morgan fingerprint density at radius 3 is 2.55 bits per heavy atom. The van der Waals surface area contributed by atoms with Crippen LogP contribution in [0.15, 0.2) is 12.2 Å². The number of ether oxygens (including phenoxy) is 5. The summed E-state index contributed by atoms with van der Waals surface area (Å²) in [6.45, 7) is 7.17. The van der Waals surface area contributed by atoms with E-state index >= 15 is 0 Å². The number of carbonyl (C=O) groups is 1. The first-order valence-electron chi connectivity index (χ1n) is 8.05. The molecule has 0 unspecified atom stereocenters. The molecule has 0 aliphatic carbocycles. The number of fused-ring (bicyclic) bond motifs is 1. The molecule has 2 aliphatic heterocycles. The highest BCUT2D eigenvalue weighted by Crippen LogP contribution is 2.35. The molecule has 0 amide bonds. The zero-order valence-corrected chi connectivity index (χ0v) is 13.5. The van der Waals surface area contributed by atoms with Gasteiger partial charge in [-0.2, -0.15) is 0 Å².